The number of hydrogen-bond acceptors (Lipinski definition) is 2. The summed E-state index contributed by atoms with van der Waals surface area (Å²) in [7, 11) is 0. The predicted octanol–water partition coefficient (Wildman–Crippen LogP) is 3.73. The highest BCUT2D eigenvalue weighted by Gasteiger charge is 2.03. The van der Waals surface area contributed by atoms with E-state index in [0.717, 1.165) is 23.4 Å². The highest BCUT2D eigenvalue weighted by Crippen LogP contribution is 2.18. The van der Waals surface area contributed by atoms with Crippen molar-refractivity contribution in [2.45, 2.75) is 17.7 Å². The number of urea groups is 1. The molecule has 0 unspecified atom stereocenters. The Morgan fingerprint density at radius 3 is 2.45 bits per heavy atom. The van der Waals surface area contributed by atoms with Crippen LogP contribution < -0.4 is 10.6 Å². The molecule has 20 heavy (non-hydrogen) atoms. The van der Waals surface area contributed by atoms with Crippen LogP contribution in [0.4, 0.5) is 10.5 Å². The molecule has 0 aliphatic carbocycles. The Morgan fingerprint density at radius 2 is 1.70 bits per heavy atom. The first-order chi connectivity index (χ1) is 9.75. The van der Waals surface area contributed by atoms with Crippen molar-refractivity contribution in [3.63, 3.8) is 0 Å². The molecule has 0 heterocycles. The van der Waals surface area contributed by atoms with E-state index in [2.05, 4.69) is 35.4 Å². The van der Waals surface area contributed by atoms with Gasteiger partial charge in [-0.2, -0.15) is 0 Å². The molecule has 2 aromatic carbocycles. The summed E-state index contributed by atoms with van der Waals surface area (Å²) in [4.78, 5) is 12.5. The number of aryl methyl sites for hydroxylation is 1. The molecule has 0 bridgehead atoms. The van der Waals surface area contributed by atoms with Crippen LogP contribution in [0.15, 0.2) is 59.5 Å². The van der Waals surface area contributed by atoms with Crippen LogP contribution >= 0.6 is 12.6 Å². The van der Waals surface area contributed by atoms with Gasteiger partial charge in [0, 0.05) is 11.4 Å². The zero-order chi connectivity index (χ0) is 14.2. The minimum atomic E-state index is -0.195. The van der Waals surface area contributed by atoms with Crippen LogP contribution in [0.5, 0.6) is 0 Å². The highest BCUT2D eigenvalue weighted by atomic mass is 32.1. The molecule has 4 heteroatoms. The number of benzene rings is 2. The molecule has 0 aliphatic heterocycles. The number of rotatable bonds is 5. The Labute approximate surface area is 124 Å². The molecule has 2 N–H and O–H groups in total. The zero-order valence-electron chi connectivity index (χ0n) is 11.2. The number of thiol groups is 1. The van der Waals surface area contributed by atoms with Gasteiger partial charge in [0.2, 0.25) is 0 Å². The number of anilines is 1. The largest absolute Gasteiger partial charge is 0.338 e. The lowest BCUT2D eigenvalue weighted by Gasteiger charge is -2.09. The quantitative estimate of drug-likeness (QED) is 0.569. The van der Waals surface area contributed by atoms with E-state index < -0.39 is 0 Å². The molecule has 0 saturated heterocycles. The van der Waals surface area contributed by atoms with E-state index in [1.54, 1.807) is 0 Å². The maximum atomic E-state index is 11.7. The molecule has 2 aromatic rings. The summed E-state index contributed by atoms with van der Waals surface area (Å²) in [6.45, 7) is 0.648. The van der Waals surface area contributed by atoms with Crippen molar-refractivity contribution in [1.82, 2.24) is 5.32 Å². The molecule has 104 valence electrons. The molecule has 0 saturated carbocycles. The Balaban J connectivity index is 1.69. The van der Waals surface area contributed by atoms with Gasteiger partial charge in [0.1, 0.15) is 0 Å². The Hall–Kier alpha value is -1.94. The fourth-order valence-corrected chi connectivity index (χ4v) is 2.10. The minimum absolute atomic E-state index is 0.195. The van der Waals surface area contributed by atoms with Gasteiger partial charge >= 0.3 is 6.03 Å². The second kappa shape index (κ2) is 7.60. The highest BCUT2D eigenvalue weighted by molar-refractivity contribution is 7.80. The smallest absolute Gasteiger partial charge is 0.319 e. The molecule has 0 radical (unpaired) electrons. The lowest BCUT2D eigenvalue weighted by atomic mass is 10.1. The summed E-state index contributed by atoms with van der Waals surface area (Å²) in [6, 6.07) is 17.5. The molecule has 2 rings (SSSR count). The van der Waals surface area contributed by atoms with Gasteiger partial charge in [-0.25, -0.2) is 4.79 Å². The van der Waals surface area contributed by atoms with Gasteiger partial charge in [-0.3, -0.25) is 0 Å². The molecule has 3 nitrogen and oxygen atoms in total. The van der Waals surface area contributed by atoms with Gasteiger partial charge in [0.25, 0.3) is 0 Å². The third-order valence-corrected chi connectivity index (χ3v) is 3.31. The number of carbonyl (C=O) groups excluding carboxylic acids is 1. The molecule has 0 aromatic heterocycles. The van der Waals surface area contributed by atoms with Crippen molar-refractivity contribution in [1.29, 1.82) is 0 Å². The fourth-order valence-electron chi connectivity index (χ4n) is 1.88. The standard InChI is InChI=1S/C16H18N2OS/c19-16(18-14-10-4-5-11-15(14)20)17-12-6-9-13-7-2-1-3-8-13/h1-5,7-8,10-11,20H,6,9,12H2,(H2,17,18,19). The monoisotopic (exact) mass is 286 g/mol. The normalized spacial score (nSPS) is 10.1. The van der Waals surface area contributed by atoms with Gasteiger partial charge in [-0.1, -0.05) is 42.5 Å². The summed E-state index contributed by atoms with van der Waals surface area (Å²) >= 11 is 4.29. The van der Waals surface area contributed by atoms with Gasteiger partial charge in [-0.15, -0.1) is 12.6 Å². The molecule has 0 spiro atoms. The average molecular weight is 286 g/mol. The van der Waals surface area contributed by atoms with E-state index in [9.17, 15) is 4.79 Å². The molecule has 0 fully saturated rings. The second-order valence-electron chi connectivity index (χ2n) is 4.49. The molecule has 2 amide bonds. The molecule has 0 aliphatic rings. The number of nitrogens with one attached hydrogen (secondary N) is 2. The van der Waals surface area contributed by atoms with E-state index >= 15 is 0 Å². The summed E-state index contributed by atoms with van der Waals surface area (Å²) in [6.07, 6.45) is 1.88. The van der Waals surface area contributed by atoms with Crippen LogP contribution in [0.1, 0.15) is 12.0 Å². The number of hydrogen-bond donors (Lipinski definition) is 3. The first-order valence-corrected chi connectivity index (χ1v) is 7.07. The average Bonchev–Trinajstić information content (AvgIpc) is 2.47. The van der Waals surface area contributed by atoms with E-state index in [4.69, 9.17) is 0 Å². The lowest BCUT2D eigenvalue weighted by Crippen LogP contribution is -2.29. The van der Waals surface area contributed by atoms with Crippen LogP contribution in [0.25, 0.3) is 0 Å². The zero-order valence-corrected chi connectivity index (χ0v) is 12.1. The predicted molar refractivity (Wildman–Crippen MR) is 85.5 cm³/mol. The first-order valence-electron chi connectivity index (χ1n) is 6.62. The lowest BCUT2D eigenvalue weighted by molar-refractivity contribution is 0.252. The maximum Gasteiger partial charge on any atom is 0.319 e. The number of amides is 2. The Morgan fingerprint density at radius 1 is 1.00 bits per heavy atom. The van der Waals surface area contributed by atoms with Crippen molar-refractivity contribution in [2.75, 3.05) is 11.9 Å². The fraction of sp³-hybridized carbons (Fsp3) is 0.188. The van der Waals surface area contributed by atoms with E-state index in [0.29, 0.717) is 6.54 Å². The van der Waals surface area contributed by atoms with Gasteiger partial charge in [0.15, 0.2) is 0 Å². The van der Waals surface area contributed by atoms with Crippen molar-refractivity contribution in [2.24, 2.45) is 0 Å². The topological polar surface area (TPSA) is 41.1 Å². The minimum Gasteiger partial charge on any atom is -0.338 e. The molecular formula is C16H18N2OS. The van der Waals surface area contributed by atoms with Crippen LogP contribution in [0.2, 0.25) is 0 Å². The van der Waals surface area contributed by atoms with Crippen molar-refractivity contribution < 1.29 is 4.79 Å². The number of para-hydroxylation sites is 1. The third kappa shape index (κ3) is 4.63. The van der Waals surface area contributed by atoms with E-state index in [-0.39, 0.29) is 6.03 Å². The summed E-state index contributed by atoms with van der Waals surface area (Å²) in [5, 5.41) is 5.63. The van der Waals surface area contributed by atoms with Gasteiger partial charge < -0.3 is 10.6 Å². The molecular weight excluding hydrogens is 268 g/mol. The summed E-state index contributed by atoms with van der Waals surface area (Å²) in [5.41, 5.74) is 2.01. The SMILES string of the molecule is O=C(NCCCc1ccccc1)Nc1ccccc1S. The maximum absolute atomic E-state index is 11.7. The van der Waals surface area contributed by atoms with Crippen LogP contribution in [-0.2, 0) is 6.42 Å². The van der Waals surface area contributed by atoms with Crippen LogP contribution in [0, 0.1) is 0 Å². The van der Waals surface area contributed by atoms with Crippen molar-refractivity contribution >= 4 is 24.3 Å². The number of carbonyl (C=O) groups is 1. The second-order valence-corrected chi connectivity index (χ2v) is 4.97. The summed E-state index contributed by atoms with van der Waals surface area (Å²) in [5.74, 6) is 0. The van der Waals surface area contributed by atoms with Crippen molar-refractivity contribution in [3.8, 4) is 0 Å². The van der Waals surface area contributed by atoms with Gasteiger partial charge in [-0.05, 0) is 30.5 Å². The van der Waals surface area contributed by atoms with Crippen molar-refractivity contribution in [3.05, 3.63) is 60.2 Å². The first kappa shape index (κ1) is 14.5. The third-order valence-electron chi connectivity index (χ3n) is 2.92. The molecule has 0 atom stereocenters. The summed E-state index contributed by atoms with van der Waals surface area (Å²) < 4.78 is 0. The van der Waals surface area contributed by atoms with E-state index in [1.807, 2.05) is 42.5 Å². The Bertz CT molecular complexity index is 557. The Kier molecular flexibility index (Phi) is 5.50. The van der Waals surface area contributed by atoms with Gasteiger partial charge in [0.05, 0.1) is 5.69 Å². The van der Waals surface area contributed by atoms with Crippen LogP contribution in [-0.4, -0.2) is 12.6 Å². The van der Waals surface area contributed by atoms with E-state index in [1.165, 1.54) is 5.56 Å². The van der Waals surface area contributed by atoms with Crippen LogP contribution in [0.3, 0.4) is 0 Å².